The topological polar surface area (TPSA) is 26.7 Å². The van der Waals surface area contributed by atoms with Crippen molar-refractivity contribution in [3.8, 4) is 0 Å². The molecule has 0 saturated carbocycles. The van der Waals surface area contributed by atoms with E-state index in [0.29, 0.717) is 6.04 Å². The second kappa shape index (κ2) is 6.16. The minimum Gasteiger partial charge on any atom is -0.396 e. The van der Waals surface area contributed by atoms with Crippen molar-refractivity contribution >= 4 is 22.9 Å². The van der Waals surface area contributed by atoms with Gasteiger partial charge in [-0.05, 0) is 24.9 Å². The molecule has 2 heterocycles. The molecule has 0 aromatic carbocycles. The van der Waals surface area contributed by atoms with Crippen LogP contribution in [0.1, 0.15) is 11.3 Å². The van der Waals surface area contributed by atoms with E-state index in [-0.39, 0.29) is 6.61 Å². The molecule has 1 N–H and O–H groups in total. The molecule has 96 valence electrons. The lowest BCUT2D eigenvalue weighted by atomic mass is 10.1. The number of piperazine rings is 1. The molecule has 1 atom stereocenters. The standard InChI is InChI=1S/C12H19ClN2OS/c1-14-4-5-15(8-10(14)2-6-16)9-12-11(13)3-7-17-12/h3,7,10,16H,2,4-6,8-9H2,1H3. The van der Waals surface area contributed by atoms with Crippen molar-refractivity contribution in [1.82, 2.24) is 9.80 Å². The summed E-state index contributed by atoms with van der Waals surface area (Å²) in [6.45, 7) is 4.36. The molecule has 0 bridgehead atoms. The summed E-state index contributed by atoms with van der Waals surface area (Å²) in [4.78, 5) is 6.01. The first kappa shape index (κ1) is 13.3. The van der Waals surface area contributed by atoms with Crippen molar-refractivity contribution in [1.29, 1.82) is 0 Å². The van der Waals surface area contributed by atoms with Gasteiger partial charge in [-0.15, -0.1) is 11.3 Å². The van der Waals surface area contributed by atoms with Crippen molar-refractivity contribution in [2.75, 3.05) is 33.3 Å². The molecule has 0 radical (unpaired) electrons. The van der Waals surface area contributed by atoms with Crippen LogP contribution in [0, 0.1) is 0 Å². The Morgan fingerprint density at radius 2 is 2.35 bits per heavy atom. The van der Waals surface area contributed by atoms with Crippen molar-refractivity contribution in [2.45, 2.75) is 19.0 Å². The lowest BCUT2D eigenvalue weighted by molar-refractivity contribution is 0.0749. The van der Waals surface area contributed by atoms with Gasteiger partial charge in [-0.2, -0.15) is 0 Å². The Kier molecular flexibility index (Phi) is 4.82. The molecule has 1 aliphatic heterocycles. The molecular formula is C12H19ClN2OS. The third-order valence-electron chi connectivity index (χ3n) is 3.38. The molecule has 0 spiro atoms. The first-order chi connectivity index (χ1) is 8.20. The van der Waals surface area contributed by atoms with Gasteiger partial charge in [-0.1, -0.05) is 11.6 Å². The summed E-state index contributed by atoms with van der Waals surface area (Å²) in [7, 11) is 2.13. The minimum atomic E-state index is 0.266. The fraction of sp³-hybridized carbons (Fsp3) is 0.667. The summed E-state index contributed by atoms with van der Waals surface area (Å²) in [6.07, 6.45) is 0.852. The van der Waals surface area contributed by atoms with Crippen LogP contribution in [0.5, 0.6) is 0 Å². The molecular weight excluding hydrogens is 256 g/mol. The van der Waals surface area contributed by atoms with Crippen LogP contribution in [-0.2, 0) is 6.54 Å². The van der Waals surface area contributed by atoms with Gasteiger partial charge in [0.15, 0.2) is 0 Å². The monoisotopic (exact) mass is 274 g/mol. The molecule has 1 aromatic rings. The summed E-state index contributed by atoms with van der Waals surface area (Å²) in [5.74, 6) is 0. The van der Waals surface area contributed by atoms with E-state index >= 15 is 0 Å². The van der Waals surface area contributed by atoms with Crippen molar-refractivity contribution < 1.29 is 5.11 Å². The van der Waals surface area contributed by atoms with Crippen LogP contribution in [0.3, 0.4) is 0 Å². The predicted octanol–water partition coefficient (Wildman–Crippen LogP) is 1.90. The van der Waals surface area contributed by atoms with Gasteiger partial charge in [0, 0.05) is 43.7 Å². The Labute approximate surface area is 112 Å². The van der Waals surface area contributed by atoms with Gasteiger partial charge in [0.25, 0.3) is 0 Å². The first-order valence-electron chi connectivity index (χ1n) is 5.96. The highest BCUT2D eigenvalue weighted by molar-refractivity contribution is 7.10. The van der Waals surface area contributed by atoms with Gasteiger partial charge in [0.05, 0.1) is 5.02 Å². The maximum absolute atomic E-state index is 9.06. The second-order valence-electron chi connectivity index (χ2n) is 4.57. The highest BCUT2D eigenvalue weighted by Gasteiger charge is 2.24. The molecule has 1 unspecified atom stereocenters. The Hall–Kier alpha value is -0.130. The van der Waals surface area contributed by atoms with Crippen LogP contribution in [0.25, 0.3) is 0 Å². The fourth-order valence-electron chi connectivity index (χ4n) is 2.26. The van der Waals surface area contributed by atoms with Crippen molar-refractivity contribution in [3.63, 3.8) is 0 Å². The maximum atomic E-state index is 9.06. The number of halogens is 1. The Bertz CT molecular complexity index is 358. The normalized spacial score (nSPS) is 23.1. The number of rotatable bonds is 4. The highest BCUT2D eigenvalue weighted by atomic mass is 35.5. The maximum Gasteiger partial charge on any atom is 0.0558 e. The van der Waals surface area contributed by atoms with Crippen molar-refractivity contribution in [3.05, 3.63) is 21.3 Å². The zero-order valence-electron chi connectivity index (χ0n) is 10.1. The Balaban J connectivity index is 1.92. The van der Waals surface area contributed by atoms with Crippen molar-refractivity contribution in [2.24, 2.45) is 0 Å². The number of aliphatic hydroxyl groups excluding tert-OH is 1. The van der Waals surface area contributed by atoms with Gasteiger partial charge in [-0.3, -0.25) is 4.90 Å². The largest absolute Gasteiger partial charge is 0.396 e. The van der Waals surface area contributed by atoms with E-state index in [1.807, 2.05) is 11.4 Å². The number of likely N-dealkylation sites (N-methyl/N-ethyl adjacent to an activating group) is 1. The molecule has 1 aliphatic rings. The smallest absolute Gasteiger partial charge is 0.0558 e. The molecule has 5 heteroatoms. The van der Waals surface area contributed by atoms with Gasteiger partial charge in [0.1, 0.15) is 0 Å². The zero-order valence-corrected chi connectivity index (χ0v) is 11.7. The Morgan fingerprint density at radius 1 is 1.53 bits per heavy atom. The summed E-state index contributed by atoms with van der Waals surface area (Å²) < 4.78 is 0. The quantitative estimate of drug-likeness (QED) is 0.909. The first-order valence-corrected chi connectivity index (χ1v) is 7.22. The van der Waals surface area contributed by atoms with Crippen LogP contribution in [-0.4, -0.2) is 54.2 Å². The summed E-state index contributed by atoms with van der Waals surface area (Å²) >= 11 is 7.84. The summed E-state index contributed by atoms with van der Waals surface area (Å²) in [5.41, 5.74) is 0. The molecule has 1 fully saturated rings. The number of hydrogen-bond donors (Lipinski definition) is 1. The van der Waals surface area contributed by atoms with Crippen LogP contribution in [0.2, 0.25) is 5.02 Å². The second-order valence-corrected chi connectivity index (χ2v) is 5.98. The van der Waals surface area contributed by atoms with E-state index in [0.717, 1.165) is 37.6 Å². The lowest BCUT2D eigenvalue weighted by Gasteiger charge is -2.39. The molecule has 3 nitrogen and oxygen atoms in total. The highest BCUT2D eigenvalue weighted by Crippen LogP contribution is 2.24. The molecule has 17 heavy (non-hydrogen) atoms. The van der Waals surface area contributed by atoms with E-state index in [1.54, 1.807) is 11.3 Å². The third kappa shape index (κ3) is 3.42. The van der Waals surface area contributed by atoms with E-state index in [9.17, 15) is 0 Å². The molecule has 2 rings (SSSR count). The van der Waals surface area contributed by atoms with Gasteiger partial charge in [-0.25, -0.2) is 0 Å². The van der Waals surface area contributed by atoms with Crippen LogP contribution >= 0.6 is 22.9 Å². The molecule has 1 aromatic heterocycles. The Morgan fingerprint density at radius 3 is 3.00 bits per heavy atom. The van der Waals surface area contributed by atoms with Crippen LogP contribution in [0.4, 0.5) is 0 Å². The SMILES string of the molecule is CN1CCN(Cc2sccc2Cl)CC1CCO. The molecule has 0 amide bonds. The molecule has 0 aliphatic carbocycles. The van der Waals surface area contributed by atoms with E-state index in [1.165, 1.54) is 4.88 Å². The predicted molar refractivity (Wildman–Crippen MR) is 72.7 cm³/mol. The number of thiophene rings is 1. The fourth-order valence-corrected chi connectivity index (χ4v) is 3.39. The lowest BCUT2D eigenvalue weighted by Crippen LogP contribution is -2.51. The van der Waals surface area contributed by atoms with Crippen LogP contribution < -0.4 is 0 Å². The van der Waals surface area contributed by atoms with Crippen LogP contribution in [0.15, 0.2) is 11.4 Å². The average Bonchev–Trinajstić information content (AvgIpc) is 2.70. The van der Waals surface area contributed by atoms with E-state index < -0.39 is 0 Å². The van der Waals surface area contributed by atoms with Gasteiger partial charge in [0.2, 0.25) is 0 Å². The number of hydrogen-bond acceptors (Lipinski definition) is 4. The summed E-state index contributed by atoms with van der Waals surface area (Å²) in [5, 5.41) is 12.0. The molecule has 1 saturated heterocycles. The zero-order chi connectivity index (χ0) is 12.3. The van der Waals surface area contributed by atoms with E-state index in [4.69, 9.17) is 16.7 Å². The minimum absolute atomic E-state index is 0.266. The third-order valence-corrected chi connectivity index (χ3v) is 4.75. The number of aliphatic hydroxyl groups is 1. The average molecular weight is 275 g/mol. The van der Waals surface area contributed by atoms with Gasteiger partial charge < -0.3 is 10.0 Å². The van der Waals surface area contributed by atoms with E-state index in [2.05, 4.69) is 16.8 Å². The summed E-state index contributed by atoms with van der Waals surface area (Å²) in [6, 6.07) is 2.43. The number of nitrogens with zero attached hydrogens (tertiary/aromatic N) is 2. The van der Waals surface area contributed by atoms with Gasteiger partial charge >= 0.3 is 0 Å².